The van der Waals surface area contributed by atoms with Crippen LogP contribution in [0.5, 0.6) is 5.75 Å². The molecule has 0 bridgehead atoms. The van der Waals surface area contributed by atoms with E-state index in [-0.39, 0.29) is 12.1 Å². The fourth-order valence-corrected chi connectivity index (χ4v) is 3.74. The Balaban J connectivity index is 1.37. The number of rotatable bonds is 4. The van der Waals surface area contributed by atoms with Gasteiger partial charge in [-0.05, 0) is 61.2 Å². The molecule has 0 saturated carbocycles. The van der Waals surface area contributed by atoms with Crippen LogP contribution < -0.4 is 15.4 Å². The lowest BCUT2D eigenvalue weighted by Crippen LogP contribution is -2.41. The number of ether oxygens (including phenoxy) is 1. The third-order valence-electron chi connectivity index (χ3n) is 5.17. The molecule has 2 aromatic carbocycles. The zero-order chi connectivity index (χ0) is 17.8. The monoisotopic (exact) mass is 351 g/mol. The molecule has 2 heterocycles. The van der Waals surface area contributed by atoms with Crippen molar-refractivity contribution in [2.45, 2.75) is 31.8 Å². The Morgan fingerprint density at radius 2 is 2.08 bits per heavy atom. The number of anilines is 1. The highest BCUT2D eigenvalue weighted by Crippen LogP contribution is 2.23. The molecule has 0 aliphatic carbocycles. The predicted molar refractivity (Wildman–Crippen MR) is 103 cm³/mol. The van der Waals surface area contributed by atoms with Crippen LogP contribution in [-0.2, 0) is 13.0 Å². The van der Waals surface area contributed by atoms with Gasteiger partial charge in [0.15, 0.2) is 0 Å². The van der Waals surface area contributed by atoms with Crippen LogP contribution in [0.3, 0.4) is 0 Å². The maximum Gasteiger partial charge on any atom is 0.322 e. The van der Waals surface area contributed by atoms with E-state index < -0.39 is 0 Å². The van der Waals surface area contributed by atoms with Crippen LogP contribution in [0.25, 0.3) is 0 Å². The van der Waals surface area contributed by atoms with Gasteiger partial charge in [-0.3, -0.25) is 0 Å². The zero-order valence-corrected chi connectivity index (χ0v) is 14.9. The van der Waals surface area contributed by atoms with E-state index in [9.17, 15) is 4.79 Å². The molecule has 1 fully saturated rings. The first-order chi connectivity index (χ1) is 12.8. The van der Waals surface area contributed by atoms with Gasteiger partial charge in [-0.25, -0.2) is 4.79 Å². The van der Waals surface area contributed by atoms with E-state index in [2.05, 4.69) is 22.8 Å². The van der Waals surface area contributed by atoms with E-state index in [0.717, 1.165) is 50.3 Å². The highest BCUT2D eigenvalue weighted by Gasteiger charge is 2.29. The van der Waals surface area contributed by atoms with Crippen molar-refractivity contribution in [2.24, 2.45) is 0 Å². The molecule has 5 nitrogen and oxygen atoms in total. The average molecular weight is 351 g/mol. The number of hydrogen-bond acceptors (Lipinski definition) is 3. The molecule has 2 aliphatic rings. The summed E-state index contributed by atoms with van der Waals surface area (Å²) in [4.78, 5) is 14.7. The van der Waals surface area contributed by atoms with E-state index in [4.69, 9.17) is 4.74 Å². The van der Waals surface area contributed by atoms with E-state index in [0.29, 0.717) is 6.61 Å². The van der Waals surface area contributed by atoms with Gasteiger partial charge in [0.1, 0.15) is 12.4 Å². The first-order valence-corrected chi connectivity index (χ1v) is 9.37. The molecule has 136 valence electrons. The summed E-state index contributed by atoms with van der Waals surface area (Å²) >= 11 is 0. The number of amides is 2. The van der Waals surface area contributed by atoms with Crippen molar-refractivity contribution in [3.05, 3.63) is 59.7 Å². The molecule has 0 radical (unpaired) electrons. The van der Waals surface area contributed by atoms with E-state index in [1.165, 1.54) is 11.1 Å². The number of carbonyl (C=O) groups is 1. The number of para-hydroxylation sites is 1. The summed E-state index contributed by atoms with van der Waals surface area (Å²) in [5, 5.41) is 6.44. The highest BCUT2D eigenvalue weighted by molar-refractivity contribution is 5.89. The third kappa shape index (κ3) is 3.83. The summed E-state index contributed by atoms with van der Waals surface area (Å²) in [5.74, 6) is 0.849. The Morgan fingerprint density at radius 1 is 1.19 bits per heavy atom. The predicted octanol–water partition coefficient (Wildman–Crippen LogP) is 3.41. The zero-order valence-electron chi connectivity index (χ0n) is 14.9. The largest absolute Gasteiger partial charge is 0.491 e. The first-order valence-electron chi connectivity index (χ1n) is 9.37. The number of likely N-dealkylation sites (tertiary alicyclic amines) is 1. The van der Waals surface area contributed by atoms with Gasteiger partial charge in [0.25, 0.3) is 0 Å². The summed E-state index contributed by atoms with van der Waals surface area (Å²) in [7, 11) is 0. The van der Waals surface area contributed by atoms with E-state index in [1.54, 1.807) is 0 Å². The van der Waals surface area contributed by atoms with Gasteiger partial charge in [0.05, 0.1) is 6.04 Å². The van der Waals surface area contributed by atoms with Crippen molar-refractivity contribution in [1.82, 2.24) is 10.2 Å². The minimum atomic E-state index is -0.0344. The summed E-state index contributed by atoms with van der Waals surface area (Å²) in [5.41, 5.74) is 3.52. The van der Waals surface area contributed by atoms with E-state index >= 15 is 0 Å². The third-order valence-corrected chi connectivity index (χ3v) is 5.17. The Bertz CT molecular complexity index is 763. The first kappa shape index (κ1) is 16.9. The Morgan fingerprint density at radius 3 is 2.96 bits per heavy atom. The minimum absolute atomic E-state index is 0.0344. The van der Waals surface area contributed by atoms with Gasteiger partial charge in [0.2, 0.25) is 0 Å². The second-order valence-corrected chi connectivity index (χ2v) is 6.95. The maximum atomic E-state index is 12.7. The molecule has 5 heteroatoms. The van der Waals surface area contributed by atoms with Crippen molar-refractivity contribution >= 4 is 11.7 Å². The molecule has 2 aliphatic heterocycles. The molecule has 1 saturated heterocycles. The molecule has 0 aromatic heterocycles. The topological polar surface area (TPSA) is 53.6 Å². The SMILES string of the molecule is O=C(Nc1ccc2c(c1)CNCC2)N1CCC[C@H]1COc1ccccc1. The van der Waals surface area contributed by atoms with Gasteiger partial charge in [-0.2, -0.15) is 0 Å². The fraction of sp³-hybridized carbons (Fsp3) is 0.381. The number of nitrogens with one attached hydrogen (secondary N) is 2. The van der Waals surface area contributed by atoms with Crippen molar-refractivity contribution in [2.75, 3.05) is 25.0 Å². The smallest absolute Gasteiger partial charge is 0.322 e. The summed E-state index contributed by atoms with van der Waals surface area (Å²) in [6.07, 6.45) is 3.05. The Kier molecular flexibility index (Phi) is 5.07. The molecule has 26 heavy (non-hydrogen) atoms. The molecule has 4 rings (SSSR count). The van der Waals surface area contributed by atoms with Gasteiger partial charge in [-0.15, -0.1) is 0 Å². The Labute approximate surface area is 154 Å². The summed E-state index contributed by atoms with van der Waals surface area (Å²) < 4.78 is 5.87. The summed E-state index contributed by atoms with van der Waals surface area (Å²) in [6.45, 7) is 3.21. The second kappa shape index (κ2) is 7.79. The second-order valence-electron chi connectivity index (χ2n) is 6.95. The number of carbonyl (C=O) groups excluding carboxylic acids is 1. The normalized spacial score (nSPS) is 19.1. The fourth-order valence-electron chi connectivity index (χ4n) is 3.74. The molecular formula is C21H25N3O2. The number of fused-ring (bicyclic) bond motifs is 1. The molecule has 2 N–H and O–H groups in total. The van der Waals surface area contributed by atoms with Crippen molar-refractivity contribution < 1.29 is 9.53 Å². The number of hydrogen-bond donors (Lipinski definition) is 2. The molecular weight excluding hydrogens is 326 g/mol. The number of benzene rings is 2. The van der Waals surface area contributed by atoms with Crippen LogP contribution in [0, 0.1) is 0 Å². The average Bonchev–Trinajstić information content (AvgIpc) is 3.16. The lowest BCUT2D eigenvalue weighted by molar-refractivity contribution is 0.176. The Hall–Kier alpha value is -2.53. The molecule has 1 atom stereocenters. The van der Waals surface area contributed by atoms with Crippen LogP contribution >= 0.6 is 0 Å². The standard InChI is InChI=1S/C21H25N3O2/c25-21(23-18-9-8-16-10-11-22-14-17(16)13-18)24-12-4-5-19(24)15-26-20-6-2-1-3-7-20/h1-3,6-9,13,19,22H,4-5,10-12,14-15H2,(H,23,25)/t19-/m0/s1. The van der Waals surface area contributed by atoms with Crippen LogP contribution in [0.2, 0.25) is 0 Å². The van der Waals surface area contributed by atoms with Crippen molar-refractivity contribution in [3.63, 3.8) is 0 Å². The van der Waals surface area contributed by atoms with Crippen molar-refractivity contribution in [1.29, 1.82) is 0 Å². The molecule has 0 spiro atoms. The van der Waals surface area contributed by atoms with Crippen LogP contribution in [0.4, 0.5) is 10.5 Å². The van der Waals surface area contributed by atoms with Gasteiger partial charge in [0, 0.05) is 18.8 Å². The number of nitrogens with zero attached hydrogens (tertiary/aromatic N) is 1. The number of urea groups is 1. The van der Waals surface area contributed by atoms with Crippen LogP contribution in [0.15, 0.2) is 48.5 Å². The van der Waals surface area contributed by atoms with Gasteiger partial charge in [-0.1, -0.05) is 24.3 Å². The molecule has 0 unspecified atom stereocenters. The van der Waals surface area contributed by atoms with Crippen molar-refractivity contribution in [3.8, 4) is 5.75 Å². The molecule has 2 amide bonds. The molecule has 2 aromatic rings. The van der Waals surface area contributed by atoms with Gasteiger partial charge >= 0.3 is 6.03 Å². The van der Waals surface area contributed by atoms with Gasteiger partial charge < -0.3 is 20.3 Å². The van der Waals surface area contributed by atoms with Crippen LogP contribution in [-0.4, -0.2) is 36.7 Å². The maximum absolute atomic E-state index is 12.7. The lowest BCUT2D eigenvalue weighted by atomic mass is 10.0. The summed E-state index contributed by atoms with van der Waals surface area (Å²) in [6, 6.07) is 16.1. The quantitative estimate of drug-likeness (QED) is 0.888. The lowest BCUT2D eigenvalue weighted by Gasteiger charge is -2.25. The highest BCUT2D eigenvalue weighted by atomic mass is 16.5. The van der Waals surface area contributed by atoms with E-state index in [1.807, 2.05) is 41.3 Å². The minimum Gasteiger partial charge on any atom is -0.491 e. The van der Waals surface area contributed by atoms with Crippen LogP contribution in [0.1, 0.15) is 24.0 Å².